The molecule has 0 bridgehead atoms. The monoisotopic (exact) mass is 247 g/mol. The third-order valence-electron chi connectivity index (χ3n) is 2.68. The predicted molar refractivity (Wildman–Crippen MR) is 69.4 cm³/mol. The molecule has 1 amide bonds. The van der Waals surface area contributed by atoms with E-state index in [1.165, 1.54) is 4.90 Å². The molecule has 0 radical (unpaired) electrons. The van der Waals surface area contributed by atoms with Crippen molar-refractivity contribution < 1.29 is 9.90 Å². The first kappa shape index (κ1) is 12.6. The molecule has 5 heteroatoms. The summed E-state index contributed by atoms with van der Waals surface area (Å²) in [5.41, 5.74) is 0.383. The van der Waals surface area contributed by atoms with Crippen LogP contribution in [0.2, 0.25) is 0 Å². The van der Waals surface area contributed by atoms with Gasteiger partial charge in [-0.15, -0.1) is 0 Å². The van der Waals surface area contributed by atoms with E-state index in [1.54, 1.807) is 33.2 Å². The molecule has 0 atom stereocenters. The van der Waals surface area contributed by atoms with Gasteiger partial charge in [0.25, 0.3) is 5.91 Å². The van der Waals surface area contributed by atoms with Crippen molar-refractivity contribution in [3.05, 3.63) is 30.0 Å². The summed E-state index contributed by atoms with van der Waals surface area (Å²) in [6.45, 7) is 3.62. The molecule has 0 aliphatic rings. The number of aromatic nitrogens is 2. The number of hydrogen-bond donors (Lipinski definition) is 2. The maximum atomic E-state index is 12.3. The second-order valence-electron chi connectivity index (χ2n) is 5.11. The summed E-state index contributed by atoms with van der Waals surface area (Å²) in [5, 5.41) is 17.4. The molecule has 1 aromatic carbocycles. The molecule has 96 valence electrons. The number of nitrogens with zero attached hydrogens (tertiary/aromatic N) is 2. The molecule has 0 fully saturated rings. The van der Waals surface area contributed by atoms with Gasteiger partial charge in [0.1, 0.15) is 0 Å². The number of nitrogens with one attached hydrogen (secondary N) is 1. The molecule has 0 saturated heterocycles. The summed E-state index contributed by atoms with van der Waals surface area (Å²) < 4.78 is 0. The standard InChI is InChI=1S/C13H17N3O2/c1-13(2,18)8-16(3)12(17)10-6-4-5-9-7-14-15-11(9)10/h4-7,18H,8H2,1-3H3,(H,14,15). The van der Waals surface area contributed by atoms with Crippen LogP contribution < -0.4 is 0 Å². The number of fused-ring (bicyclic) bond motifs is 1. The highest BCUT2D eigenvalue weighted by molar-refractivity contribution is 6.05. The Labute approximate surface area is 105 Å². The second-order valence-corrected chi connectivity index (χ2v) is 5.11. The number of carbonyl (C=O) groups is 1. The van der Waals surface area contributed by atoms with E-state index in [4.69, 9.17) is 0 Å². The van der Waals surface area contributed by atoms with Crippen molar-refractivity contribution >= 4 is 16.8 Å². The fraction of sp³-hybridized carbons (Fsp3) is 0.385. The van der Waals surface area contributed by atoms with E-state index in [0.717, 1.165) is 10.9 Å². The lowest BCUT2D eigenvalue weighted by Crippen LogP contribution is -2.39. The highest BCUT2D eigenvalue weighted by Crippen LogP contribution is 2.17. The molecule has 1 heterocycles. The number of likely N-dealkylation sites (N-methyl/N-ethyl adjacent to an activating group) is 1. The van der Waals surface area contributed by atoms with Crippen LogP contribution in [0.5, 0.6) is 0 Å². The van der Waals surface area contributed by atoms with Gasteiger partial charge < -0.3 is 10.0 Å². The zero-order chi connectivity index (χ0) is 13.3. The van der Waals surface area contributed by atoms with Crippen LogP contribution >= 0.6 is 0 Å². The highest BCUT2D eigenvalue weighted by Gasteiger charge is 2.21. The molecular formula is C13H17N3O2. The van der Waals surface area contributed by atoms with Crippen molar-refractivity contribution in [3.8, 4) is 0 Å². The third-order valence-corrected chi connectivity index (χ3v) is 2.68. The Kier molecular flexibility index (Phi) is 3.09. The summed E-state index contributed by atoms with van der Waals surface area (Å²) in [7, 11) is 1.68. The first-order chi connectivity index (χ1) is 8.38. The Balaban J connectivity index is 2.31. The van der Waals surface area contributed by atoms with Gasteiger partial charge in [-0.25, -0.2) is 0 Å². The van der Waals surface area contributed by atoms with Gasteiger partial charge in [-0.05, 0) is 19.9 Å². The van der Waals surface area contributed by atoms with E-state index in [2.05, 4.69) is 10.2 Å². The summed E-state index contributed by atoms with van der Waals surface area (Å²) >= 11 is 0. The maximum Gasteiger partial charge on any atom is 0.255 e. The lowest BCUT2D eigenvalue weighted by atomic mass is 10.1. The highest BCUT2D eigenvalue weighted by atomic mass is 16.3. The maximum absolute atomic E-state index is 12.3. The number of para-hydroxylation sites is 1. The van der Waals surface area contributed by atoms with Crippen LogP contribution in [-0.2, 0) is 0 Å². The largest absolute Gasteiger partial charge is 0.389 e. The molecule has 0 saturated carbocycles. The molecule has 1 aromatic heterocycles. The van der Waals surface area contributed by atoms with E-state index in [-0.39, 0.29) is 12.5 Å². The third kappa shape index (κ3) is 2.51. The smallest absolute Gasteiger partial charge is 0.255 e. The second kappa shape index (κ2) is 4.42. The fourth-order valence-corrected chi connectivity index (χ4v) is 2.00. The van der Waals surface area contributed by atoms with Crippen molar-refractivity contribution in [1.82, 2.24) is 15.1 Å². The van der Waals surface area contributed by atoms with Crippen LogP contribution in [0.1, 0.15) is 24.2 Å². The number of carbonyl (C=O) groups excluding carboxylic acids is 1. The van der Waals surface area contributed by atoms with Gasteiger partial charge in [-0.2, -0.15) is 5.10 Å². The van der Waals surface area contributed by atoms with Gasteiger partial charge in [0.05, 0.1) is 22.9 Å². The minimum Gasteiger partial charge on any atom is -0.389 e. The van der Waals surface area contributed by atoms with Crippen molar-refractivity contribution in [2.75, 3.05) is 13.6 Å². The van der Waals surface area contributed by atoms with Gasteiger partial charge in [0.2, 0.25) is 0 Å². The average molecular weight is 247 g/mol. The Morgan fingerprint density at radius 1 is 1.50 bits per heavy atom. The number of amides is 1. The number of benzene rings is 1. The van der Waals surface area contributed by atoms with Crippen molar-refractivity contribution in [2.45, 2.75) is 19.4 Å². The Hall–Kier alpha value is -1.88. The van der Waals surface area contributed by atoms with Crippen LogP contribution in [0.15, 0.2) is 24.4 Å². The van der Waals surface area contributed by atoms with Crippen LogP contribution in [0.4, 0.5) is 0 Å². The quantitative estimate of drug-likeness (QED) is 0.861. The Morgan fingerprint density at radius 2 is 2.22 bits per heavy atom. The van der Waals surface area contributed by atoms with Gasteiger partial charge >= 0.3 is 0 Å². The predicted octanol–water partition coefficient (Wildman–Crippen LogP) is 1.41. The van der Waals surface area contributed by atoms with Crippen LogP contribution in [-0.4, -0.2) is 45.3 Å². The molecule has 2 rings (SSSR count). The Bertz CT molecular complexity index is 569. The molecule has 18 heavy (non-hydrogen) atoms. The zero-order valence-electron chi connectivity index (χ0n) is 10.8. The number of H-pyrrole nitrogens is 1. The van der Waals surface area contributed by atoms with Gasteiger partial charge in [0, 0.05) is 19.0 Å². The van der Waals surface area contributed by atoms with Crippen molar-refractivity contribution in [3.63, 3.8) is 0 Å². The molecule has 2 aromatic rings. The molecule has 0 spiro atoms. The zero-order valence-corrected chi connectivity index (χ0v) is 10.8. The summed E-state index contributed by atoms with van der Waals surface area (Å²) in [5.74, 6) is -0.132. The topological polar surface area (TPSA) is 69.2 Å². The van der Waals surface area contributed by atoms with E-state index >= 15 is 0 Å². The molecular weight excluding hydrogens is 230 g/mol. The molecule has 0 aliphatic carbocycles. The molecule has 0 aliphatic heterocycles. The van der Waals surface area contributed by atoms with Gasteiger partial charge in [-0.1, -0.05) is 12.1 Å². The van der Waals surface area contributed by atoms with E-state index in [9.17, 15) is 9.90 Å². The van der Waals surface area contributed by atoms with Gasteiger partial charge in [0.15, 0.2) is 0 Å². The number of aromatic amines is 1. The van der Waals surface area contributed by atoms with E-state index in [0.29, 0.717) is 5.56 Å². The number of rotatable bonds is 3. The first-order valence-electron chi connectivity index (χ1n) is 5.78. The van der Waals surface area contributed by atoms with E-state index in [1.807, 2.05) is 12.1 Å². The minimum absolute atomic E-state index is 0.132. The van der Waals surface area contributed by atoms with Crippen LogP contribution in [0.25, 0.3) is 10.9 Å². The lowest BCUT2D eigenvalue weighted by Gasteiger charge is -2.25. The van der Waals surface area contributed by atoms with Crippen molar-refractivity contribution in [1.29, 1.82) is 0 Å². The lowest BCUT2D eigenvalue weighted by molar-refractivity contribution is 0.0369. The minimum atomic E-state index is -0.910. The molecule has 0 unspecified atom stereocenters. The first-order valence-corrected chi connectivity index (χ1v) is 5.78. The SMILES string of the molecule is CN(CC(C)(C)O)C(=O)c1cccc2cn[nH]c12. The average Bonchev–Trinajstić information content (AvgIpc) is 2.73. The fourth-order valence-electron chi connectivity index (χ4n) is 2.00. The molecule has 2 N–H and O–H groups in total. The summed E-state index contributed by atoms with van der Waals surface area (Å²) in [6, 6.07) is 5.47. The Morgan fingerprint density at radius 3 is 2.89 bits per heavy atom. The van der Waals surface area contributed by atoms with Crippen LogP contribution in [0.3, 0.4) is 0 Å². The molecule has 5 nitrogen and oxygen atoms in total. The number of hydrogen-bond acceptors (Lipinski definition) is 3. The van der Waals surface area contributed by atoms with Crippen LogP contribution in [0, 0.1) is 0 Å². The van der Waals surface area contributed by atoms with E-state index < -0.39 is 5.60 Å². The summed E-state index contributed by atoms with van der Waals surface area (Å²) in [4.78, 5) is 13.8. The number of aliphatic hydroxyl groups is 1. The van der Waals surface area contributed by atoms with Gasteiger partial charge in [-0.3, -0.25) is 9.89 Å². The van der Waals surface area contributed by atoms with Crippen molar-refractivity contribution in [2.24, 2.45) is 0 Å². The summed E-state index contributed by atoms with van der Waals surface area (Å²) in [6.07, 6.45) is 1.68. The normalized spacial score (nSPS) is 11.8.